The van der Waals surface area contributed by atoms with Gasteiger partial charge in [0.2, 0.25) is 11.8 Å². The molecule has 11 heteroatoms. The summed E-state index contributed by atoms with van der Waals surface area (Å²) in [6.45, 7) is 2.57. The van der Waals surface area contributed by atoms with Crippen LogP contribution in [-0.4, -0.2) is 69.0 Å². The molecule has 4 N–H and O–H groups in total. The average Bonchev–Trinajstić information content (AvgIpc) is 3.11. The largest absolute Gasteiger partial charge is 0.347 e. The number of hydrogen-bond donors (Lipinski definition) is 4. The van der Waals surface area contributed by atoms with Crippen molar-refractivity contribution in [1.29, 1.82) is 0 Å². The minimum Gasteiger partial charge on any atom is -0.347 e. The van der Waals surface area contributed by atoms with E-state index in [1.165, 1.54) is 0 Å². The van der Waals surface area contributed by atoms with Crippen molar-refractivity contribution in [2.75, 3.05) is 19.6 Å². The molecule has 1 aliphatic rings. The van der Waals surface area contributed by atoms with Gasteiger partial charge in [-0.1, -0.05) is 12.1 Å². The van der Waals surface area contributed by atoms with Gasteiger partial charge in [0.1, 0.15) is 6.04 Å². The summed E-state index contributed by atoms with van der Waals surface area (Å²) in [5, 5.41) is 20.9. The fourth-order valence-corrected chi connectivity index (χ4v) is 1.86. The maximum Gasteiger partial charge on any atom is 0.325 e. The van der Waals surface area contributed by atoms with Crippen LogP contribution in [0.25, 0.3) is 0 Å². The molecule has 0 aromatic carbocycles. The van der Waals surface area contributed by atoms with Gasteiger partial charge in [0.05, 0.1) is 13.1 Å². The molecule has 1 atom stereocenters. The first-order chi connectivity index (χ1) is 10.1. The first kappa shape index (κ1) is 14.8. The zero-order valence-corrected chi connectivity index (χ0v) is 11.4. The molecule has 1 saturated heterocycles. The van der Waals surface area contributed by atoms with Gasteiger partial charge in [0, 0.05) is 6.54 Å². The van der Waals surface area contributed by atoms with Crippen LogP contribution in [0.2, 0.25) is 0 Å². The highest BCUT2D eigenvalue weighted by Gasteiger charge is 2.39. The monoisotopic (exact) mass is 296 g/mol. The molecule has 0 radical (unpaired) electrons. The van der Waals surface area contributed by atoms with Gasteiger partial charge < -0.3 is 16.0 Å². The third kappa shape index (κ3) is 3.51. The third-order valence-electron chi connectivity index (χ3n) is 2.88. The van der Waals surface area contributed by atoms with E-state index in [0.717, 1.165) is 4.90 Å². The number of H-pyrrole nitrogens is 1. The molecule has 114 valence electrons. The zero-order chi connectivity index (χ0) is 15.2. The Bertz CT molecular complexity index is 516. The topological polar surface area (TPSA) is 145 Å². The van der Waals surface area contributed by atoms with E-state index in [0.29, 0.717) is 12.4 Å². The molecule has 21 heavy (non-hydrogen) atoms. The van der Waals surface area contributed by atoms with Crippen LogP contribution in [0.15, 0.2) is 0 Å². The van der Waals surface area contributed by atoms with Gasteiger partial charge in [-0.2, -0.15) is 5.21 Å². The van der Waals surface area contributed by atoms with Gasteiger partial charge in [0.15, 0.2) is 5.82 Å². The smallest absolute Gasteiger partial charge is 0.325 e. The Kier molecular flexibility index (Phi) is 4.77. The van der Waals surface area contributed by atoms with Gasteiger partial charge >= 0.3 is 6.03 Å². The van der Waals surface area contributed by atoms with Crippen molar-refractivity contribution >= 4 is 17.8 Å². The predicted molar refractivity (Wildman–Crippen MR) is 68.6 cm³/mol. The molecule has 0 aliphatic carbocycles. The number of amides is 4. The van der Waals surface area contributed by atoms with E-state index in [4.69, 9.17) is 0 Å². The van der Waals surface area contributed by atoms with Gasteiger partial charge in [-0.15, -0.1) is 10.2 Å². The van der Waals surface area contributed by atoms with Crippen molar-refractivity contribution in [3.8, 4) is 0 Å². The molecule has 0 unspecified atom stereocenters. The van der Waals surface area contributed by atoms with Gasteiger partial charge in [-0.25, -0.2) is 9.69 Å². The lowest BCUT2D eigenvalue weighted by molar-refractivity contribution is -0.135. The molecule has 2 heterocycles. The Labute approximate surface area is 119 Å². The molecule has 1 fully saturated rings. The second-order valence-electron chi connectivity index (χ2n) is 4.29. The van der Waals surface area contributed by atoms with Crippen LogP contribution in [-0.2, 0) is 16.1 Å². The van der Waals surface area contributed by atoms with Crippen molar-refractivity contribution in [2.45, 2.75) is 19.5 Å². The SMILES string of the molecule is CCNCC(=O)N1C(=O)NC[C@H]1C(=O)NCc1nn[nH]n1. The van der Waals surface area contributed by atoms with Gasteiger partial charge in [-0.05, 0) is 6.54 Å². The lowest BCUT2D eigenvalue weighted by Crippen LogP contribution is -2.50. The highest BCUT2D eigenvalue weighted by atomic mass is 16.2. The summed E-state index contributed by atoms with van der Waals surface area (Å²) in [5.74, 6) is -0.597. The number of carbonyl (C=O) groups is 3. The number of imide groups is 1. The van der Waals surface area contributed by atoms with E-state index in [-0.39, 0.29) is 19.6 Å². The second kappa shape index (κ2) is 6.74. The average molecular weight is 296 g/mol. The summed E-state index contributed by atoms with van der Waals surface area (Å²) in [5.41, 5.74) is 0. The molecule has 11 nitrogen and oxygen atoms in total. The second-order valence-corrected chi connectivity index (χ2v) is 4.29. The highest BCUT2D eigenvalue weighted by Crippen LogP contribution is 2.08. The maximum absolute atomic E-state index is 12.1. The number of aromatic amines is 1. The highest BCUT2D eigenvalue weighted by molar-refractivity contribution is 6.02. The molecule has 0 saturated carbocycles. The number of carbonyl (C=O) groups excluding carboxylic acids is 3. The third-order valence-corrected chi connectivity index (χ3v) is 2.88. The number of nitrogens with one attached hydrogen (secondary N) is 4. The summed E-state index contributed by atoms with van der Waals surface area (Å²) in [7, 11) is 0. The number of hydrogen-bond acceptors (Lipinski definition) is 7. The van der Waals surface area contributed by atoms with E-state index in [9.17, 15) is 14.4 Å². The fraction of sp³-hybridized carbons (Fsp3) is 0.600. The maximum atomic E-state index is 12.1. The van der Waals surface area contributed by atoms with Crippen molar-refractivity contribution in [1.82, 2.24) is 41.5 Å². The van der Waals surface area contributed by atoms with Gasteiger partial charge in [-0.3, -0.25) is 9.59 Å². The summed E-state index contributed by atoms with van der Waals surface area (Å²) >= 11 is 0. The van der Waals surface area contributed by atoms with Gasteiger partial charge in [0.25, 0.3) is 0 Å². The zero-order valence-electron chi connectivity index (χ0n) is 11.4. The van der Waals surface area contributed by atoms with E-state index < -0.39 is 23.9 Å². The Morgan fingerprint density at radius 2 is 2.29 bits per heavy atom. The summed E-state index contributed by atoms with van der Waals surface area (Å²) in [6, 6.07) is -1.45. The van der Waals surface area contributed by atoms with Crippen LogP contribution < -0.4 is 16.0 Å². The molecule has 2 rings (SSSR count). The molecule has 1 aromatic heterocycles. The van der Waals surface area contributed by atoms with Crippen LogP contribution >= 0.6 is 0 Å². The number of rotatable bonds is 6. The summed E-state index contributed by atoms with van der Waals surface area (Å²) in [6.07, 6.45) is 0. The quantitative estimate of drug-likeness (QED) is 0.448. The van der Waals surface area contributed by atoms with Crippen LogP contribution in [0.1, 0.15) is 12.7 Å². The number of aromatic nitrogens is 4. The predicted octanol–water partition coefficient (Wildman–Crippen LogP) is -2.65. The van der Waals surface area contributed by atoms with Crippen molar-refractivity contribution in [2.24, 2.45) is 0 Å². The number of nitrogens with zero attached hydrogens (tertiary/aromatic N) is 4. The molecular formula is C10H16N8O3. The molecule has 1 aliphatic heterocycles. The fourth-order valence-electron chi connectivity index (χ4n) is 1.86. The summed E-state index contributed by atoms with van der Waals surface area (Å²) in [4.78, 5) is 36.6. The number of tetrazole rings is 1. The lowest BCUT2D eigenvalue weighted by atomic mass is 10.2. The van der Waals surface area contributed by atoms with E-state index in [1.54, 1.807) is 0 Å². The molecule has 1 aromatic rings. The van der Waals surface area contributed by atoms with Crippen molar-refractivity contribution in [3.63, 3.8) is 0 Å². The molecular weight excluding hydrogens is 280 g/mol. The minimum absolute atomic E-state index is 0.00145. The molecule has 0 bridgehead atoms. The molecule has 4 amide bonds. The van der Waals surface area contributed by atoms with Crippen molar-refractivity contribution < 1.29 is 14.4 Å². The first-order valence-electron chi connectivity index (χ1n) is 6.44. The Hall–Kier alpha value is -2.56. The normalized spacial score (nSPS) is 17.7. The van der Waals surface area contributed by atoms with Crippen LogP contribution in [0.4, 0.5) is 4.79 Å². The standard InChI is InChI=1S/C10H16N8O3/c1-2-11-5-8(19)18-6(3-13-10(18)21)9(20)12-4-7-14-16-17-15-7/h6,11H,2-5H2,1H3,(H,12,20)(H,13,21)(H,14,15,16,17)/t6-/m0/s1. The number of urea groups is 1. The van der Waals surface area contributed by atoms with E-state index in [2.05, 4.69) is 36.6 Å². The van der Waals surface area contributed by atoms with E-state index >= 15 is 0 Å². The Morgan fingerprint density at radius 3 is 2.95 bits per heavy atom. The van der Waals surface area contributed by atoms with E-state index in [1.807, 2.05) is 6.92 Å². The van der Waals surface area contributed by atoms with Crippen LogP contribution in [0.3, 0.4) is 0 Å². The van der Waals surface area contributed by atoms with Crippen molar-refractivity contribution in [3.05, 3.63) is 5.82 Å². The lowest BCUT2D eigenvalue weighted by Gasteiger charge is -2.20. The Balaban J connectivity index is 1.94. The Morgan fingerprint density at radius 1 is 1.48 bits per heavy atom. The number of likely N-dealkylation sites (N-methyl/N-ethyl adjacent to an activating group) is 1. The summed E-state index contributed by atoms with van der Waals surface area (Å²) < 4.78 is 0. The van der Waals surface area contributed by atoms with Crippen LogP contribution in [0.5, 0.6) is 0 Å². The first-order valence-corrected chi connectivity index (χ1v) is 6.44. The van der Waals surface area contributed by atoms with Crippen LogP contribution in [0, 0.1) is 0 Å². The molecule has 0 spiro atoms. The minimum atomic E-state index is -0.879.